The Morgan fingerprint density at radius 2 is 2.11 bits per heavy atom. The first kappa shape index (κ1) is 13.5. The second kappa shape index (κ2) is 6.29. The van der Waals surface area contributed by atoms with Crippen molar-refractivity contribution in [1.82, 2.24) is 19.9 Å². The lowest BCUT2D eigenvalue weighted by molar-refractivity contribution is 0.286. The van der Waals surface area contributed by atoms with Gasteiger partial charge in [0.15, 0.2) is 11.6 Å². The molecule has 0 saturated carbocycles. The summed E-state index contributed by atoms with van der Waals surface area (Å²) in [5, 5.41) is 7.97. The lowest BCUT2D eigenvalue weighted by atomic mass is 10.3. The van der Waals surface area contributed by atoms with E-state index in [2.05, 4.69) is 15.2 Å². The predicted molar refractivity (Wildman–Crippen MR) is 69.3 cm³/mol. The quantitative estimate of drug-likeness (QED) is 0.794. The van der Waals surface area contributed by atoms with Gasteiger partial charge in [0.25, 0.3) is 0 Å². The monoisotopic (exact) mass is 264 g/mol. The number of benzene rings is 1. The molecule has 0 unspecified atom stereocenters. The van der Waals surface area contributed by atoms with Crippen LogP contribution in [-0.4, -0.2) is 40.5 Å². The first-order chi connectivity index (χ1) is 9.15. The van der Waals surface area contributed by atoms with Gasteiger partial charge in [0.1, 0.15) is 12.3 Å². The van der Waals surface area contributed by atoms with E-state index in [-0.39, 0.29) is 18.2 Å². The molecule has 0 radical (unpaired) electrons. The van der Waals surface area contributed by atoms with Gasteiger partial charge in [0.05, 0.1) is 12.7 Å². The molecule has 0 bridgehead atoms. The molecule has 1 heterocycles. The van der Waals surface area contributed by atoms with Crippen LogP contribution in [0.3, 0.4) is 0 Å². The van der Waals surface area contributed by atoms with Crippen molar-refractivity contribution in [1.29, 1.82) is 0 Å². The van der Waals surface area contributed by atoms with E-state index in [0.717, 1.165) is 13.1 Å². The molecule has 102 valence electrons. The highest BCUT2D eigenvalue weighted by Gasteiger charge is 2.05. The molecule has 2 rings (SSSR count). The second-order valence-corrected chi connectivity index (χ2v) is 4.50. The Balaban J connectivity index is 1.88. The van der Waals surface area contributed by atoms with Crippen LogP contribution in [0.4, 0.5) is 4.39 Å². The number of aromatic nitrogens is 3. The minimum absolute atomic E-state index is 0.211. The van der Waals surface area contributed by atoms with Crippen LogP contribution >= 0.6 is 0 Å². The highest BCUT2D eigenvalue weighted by Crippen LogP contribution is 2.16. The van der Waals surface area contributed by atoms with Crippen LogP contribution in [0.2, 0.25) is 0 Å². The highest BCUT2D eigenvalue weighted by molar-refractivity contribution is 5.23. The summed E-state index contributed by atoms with van der Waals surface area (Å²) in [6, 6.07) is 6.31. The Morgan fingerprint density at radius 3 is 2.84 bits per heavy atom. The van der Waals surface area contributed by atoms with Gasteiger partial charge < -0.3 is 9.64 Å². The molecule has 0 fully saturated rings. The second-order valence-electron chi connectivity index (χ2n) is 4.50. The molecular weight excluding hydrogens is 247 g/mol. The summed E-state index contributed by atoms with van der Waals surface area (Å²) < 4.78 is 20.4. The summed E-state index contributed by atoms with van der Waals surface area (Å²) in [5.41, 5.74) is 0.682. The molecule has 1 aromatic carbocycles. The molecule has 0 spiro atoms. The zero-order chi connectivity index (χ0) is 13.7. The molecule has 0 aliphatic carbocycles. The third-order valence-corrected chi connectivity index (χ3v) is 2.57. The van der Waals surface area contributed by atoms with E-state index in [4.69, 9.17) is 4.74 Å². The van der Waals surface area contributed by atoms with E-state index in [1.165, 1.54) is 6.07 Å². The topological polar surface area (TPSA) is 43.2 Å². The van der Waals surface area contributed by atoms with Crippen molar-refractivity contribution in [2.75, 3.05) is 20.6 Å². The van der Waals surface area contributed by atoms with Crippen molar-refractivity contribution in [2.45, 2.75) is 13.2 Å². The summed E-state index contributed by atoms with van der Waals surface area (Å²) in [6.45, 7) is 1.86. The first-order valence-corrected chi connectivity index (χ1v) is 6.06. The Kier molecular flexibility index (Phi) is 4.46. The molecule has 2 aromatic rings. The van der Waals surface area contributed by atoms with Crippen molar-refractivity contribution < 1.29 is 9.13 Å². The minimum atomic E-state index is -0.373. The fraction of sp³-hybridized carbons (Fsp3) is 0.385. The van der Waals surface area contributed by atoms with Gasteiger partial charge in [-0.3, -0.25) is 4.68 Å². The average molecular weight is 264 g/mol. The van der Waals surface area contributed by atoms with Crippen LogP contribution in [0.25, 0.3) is 0 Å². The fourth-order valence-electron chi connectivity index (χ4n) is 1.53. The molecule has 6 heteroatoms. The number of rotatable bonds is 6. The fourth-order valence-corrected chi connectivity index (χ4v) is 1.53. The molecule has 0 atom stereocenters. The maximum absolute atomic E-state index is 13.3. The summed E-state index contributed by atoms with van der Waals surface area (Å²) in [7, 11) is 4.00. The molecule has 0 saturated heterocycles. The molecule has 5 nitrogen and oxygen atoms in total. The molecule has 19 heavy (non-hydrogen) atoms. The number of ether oxygens (including phenoxy) is 1. The summed E-state index contributed by atoms with van der Waals surface area (Å²) >= 11 is 0. The van der Waals surface area contributed by atoms with Crippen LogP contribution in [-0.2, 0) is 13.2 Å². The van der Waals surface area contributed by atoms with Gasteiger partial charge in [-0.15, -0.1) is 5.10 Å². The normalized spacial score (nSPS) is 10.9. The van der Waals surface area contributed by atoms with Crippen molar-refractivity contribution >= 4 is 0 Å². The van der Waals surface area contributed by atoms with Crippen LogP contribution in [0.1, 0.15) is 5.69 Å². The number of hydrogen-bond donors (Lipinski definition) is 0. The van der Waals surface area contributed by atoms with Crippen LogP contribution in [0.5, 0.6) is 5.75 Å². The largest absolute Gasteiger partial charge is 0.484 e. The molecule has 0 amide bonds. The maximum atomic E-state index is 13.3. The smallest absolute Gasteiger partial charge is 0.165 e. The van der Waals surface area contributed by atoms with E-state index in [1.807, 2.05) is 20.3 Å². The Bertz CT molecular complexity index is 527. The van der Waals surface area contributed by atoms with E-state index >= 15 is 0 Å². The molecular formula is C13H17FN4O. The predicted octanol–water partition coefficient (Wildman–Crippen LogP) is 1.56. The van der Waals surface area contributed by atoms with E-state index < -0.39 is 0 Å². The first-order valence-electron chi connectivity index (χ1n) is 6.06. The summed E-state index contributed by atoms with van der Waals surface area (Å²) in [4.78, 5) is 2.07. The summed E-state index contributed by atoms with van der Waals surface area (Å²) in [5.74, 6) is -0.146. The highest BCUT2D eigenvalue weighted by atomic mass is 19.1. The number of para-hydroxylation sites is 1. The average Bonchev–Trinajstić information content (AvgIpc) is 2.83. The van der Waals surface area contributed by atoms with Gasteiger partial charge in [0, 0.05) is 6.54 Å². The lowest BCUT2D eigenvalue weighted by Gasteiger charge is -2.07. The van der Waals surface area contributed by atoms with Crippen LogP contribution in [0, 0.1) is 5.82 Å². The van der Waals surface area contributed by atoms with E-state index in [9.17, 15) is 4.39 Å². The van der Waals surface area contributed by atoms with Crippen molar-refractivity contribution in [3.63, 3.8) is 0 Å². The standard InChI is InChI=1S/C13H17FN4O/c1-17(2)7-8-18-9-11(15-16-18)10-19-13-6-4-3-5-12(13)14/h3-6,9H,7-8,10H2,1-2H3. The maximum Gasteiger partial charge on any atom is 0.165 e. The van der Waals surface area contributed by atoms with Crippen LogP contribution in [0.15, 0.2) is 30.5 Å². The number of nitrogens with zero attached hydrogens (tertiary/aromatic N) is 4. The van der Waals surface area contributed by atoms with Crippen molar-refractivity contribution in [3.05, 3.63) is 42.0 Å². The molecule has 0 aliphatic rings. The summed E-state index contributed by atoms with van der Waals surface area (Å²) in [6.07, 6.45) is 1.81. The van der Waals surface area contributed by atoms with Gasteiger partial charge in [-0.2, -0.15) is 0 Å². The van der Waals surface area contributed by atoms with Crippen LogP contribution < -0.4 is 4.74 Å². The zero-order valence-electron chi connectivity index (χ0n) is 11.1. The van der Waals surface area contributed by atoms with E-state index in [0.29, 0.717) is 5.69 Å². The van der Waals surface area contributed by atoms with Crippen molar-refractivity contribution in [2.24, 2.45) is 0 Å². The molecule has 1 aromatic heterocycles. The Hall–Kier alpha value is -1.95. The van der Waals surface area contributed by atoms with Gasteiger partial charge in [-0.05, 0) is 26.2 Å². The number of halogens is 1. The zero-order valence-corrected chi connectivity index (χ0v) is 11.1. The van der Waals surface area contributed by atoms with Gasteiger partial charge >= 0.3 is 0 Å². The van der Waals surface area contributed by atoms with Gasteiger partial charge in [0.2, 0.25) is 0 Å². The Morgan fingerprint density at radius 1 is 1.32 bits per heavy atom. The van der Waals surface area contributed by atoms with Gasteiger partial charge in [-0.25, -0.2) is 4.39 Å². The molecule has 0 aliphatic heterocycles. The number of hydrogen-bond acceptors (Lipinski definition) is 4. The Labute approximate surface area is 111 Å². The molecule has 0 N–H and O–H groups in total. The SMILES string of the molecule is CN(C)CCn1cc(COc2ccccc2F)nn1. The lowest BCUT2D eigenvalue weighted by Crippen LogP contribution is -2.18. The van der Waals surface area contributed by atoms with E-state index in [1.54, 1.807) is 22.9 Å². The third kappa shape index (κ3) is 4.03. The number of likely N-dealkylation sites (N-methyl/N-ethyl adjacent to an activating group) is 1. The minimum Gasteiger partial charge on any atom is -0.484 e. The third-order valence-electron chi connectivity index (χ3n) is 2.57. The van der Waals surface area contributed by atoms with Crippen molar-refractivity contribution in [3.8, 4) is 5.75 Å². The van der Waals surface area contributed by atoms with Gasteiger partial charge in [-0.1, -0.05) is 17.3 Å².